The zero-order valence-electron chi connectivity index (χ0n) is 15.7. The lowest BCUT2D eigenvalue weighted by Crippen LogP contribution is -2.50. The molecule has 0 unspecified atom stereocenters. The smallest absolute Gasteiger partial charge is 0.410 e. The van der Waals surface area contributed by atoms with Crippen molar-refractivity contribution in [1.82, 2.24) is 15.1 Å². The van der Waals surface area contributed by atoms with Crippen LogP contribution in [0.15, 0.2) is 0 Å². The minimum atomic E-state index is -0.406. The summed E-state index contributed by atoms with van der Waals surface area (Å²) in [5, 5.41) is 3.53. The van der Waals surface area contributed by atoms with E-state index in [0.29, 0.717) is 0 Å². The molecule has 0 saturated carbocycles. The second-order valence-electron chi connectivity index (χ2n) is 7.47. The van der Waals surface area contributed by atoms with Crippen molar-refractivity contribution in [3.63, 3.8) is 0 Å². The molecule has 0 bridgehead atoms. The predicted octanol–water partition coefficient (Wildman–Crippen LogP) is 3.10. The maximum atomic E-state index is 12.0. The van der Waals surface area contributed by atoms with Gasteiger partial charge in [0.15, 0.2) is 0 Å². The molecule has 23 heavy (non-hydrogen) atoms. The van der Waals surface area contributed by atoms with E-state index in [1.165, 1.54) is 32.1 Å². The summed E-state index contributed by atoms with van der Waals surface area (Å²) in [7, 11) is 0. The number of nitrogens with one attached hydrogen (secondary N) is 1. The van der Waals surface area contributed by atoms with E-state index in [0.717, 1.165) is 45.8 Å². The number of hydrogen-bond acceptors (Lipinski definition) is 4. The van der Waals surface area contributed by atoms with Crippen LogP contribution in [-0.4, -0.2) is 67.3 Å². The molecule has 1 fully saturated rings. The molecule has 1 heterocycles. The normalized spacial score (nSPS) is 16.6. The van der Waals surface area contributed by atoms with E-state index in [-0.39, 0.29) is 6.09 Å². The largest absolute Gasteiger partial charge is 0.444 e. The number of carbonyl (C=O) groups excluding carboxylic acids is 1. The third-order valence-corrected chi connectivity index (χ3v) is 4.06. The molecular weight excluding hydrogens is 290 g/mol. The number of piperazine rings is 1. The highest BCUT2D eigenvalue weighted by molar-refractivity contribution is 5.68. The SMILES string of the molecule is CCCCCCNCCCN1CCN(C(=O)OC(C)(C)C)CC1. The lowest BCUT2D eigenvalue weighted by Gasteiger charge is -2.35. The van der Waals surface area contributed by atoms with Crippen molar-refractivity contribution in [1.29, 1.82) is 0 Å². The summed E-state index contributed by atoms with van der Waals surface area (Å²) in [4.78, 5) is 16.3. The molecule has 0 aromatic carbocycles. The van der Waals surface area contributed by atoms with Crippen LogP contribution in [0.3, 0.4) is 0 Å². The average molecular weight is 328 g/mol. The molecule has 0 aromatic heterocycles. The van der Waals surface area contributed by atoms with Gasteiger partial charge in [-0.3, -0.25) is 4.90 Å². The molecule has 0 atom stereocenters. The van der Waals surface area contributed by atoms with Crippen LogP contribution in [0.1, 0.15) is 59.8 Å². The van der Waals surface area contributed by atoms with E-state index in [9.17, 15) is 4.79 Å². The Balaban J connectivity index is 2.03. The molecule has 1 rings (SSSR count). The number of hydrogen-bond donors (Lipinski definition) is 1. The van der Waals surface area contributed by atoms with Gasteiger partial charge in [0.05, 0.1) is 0 Å². The summed E-state index contributed by atoms with van der Waals surface area (Å²) >= 11 is 0. The minimum absolute atomic E-state index is 0.175. The summed E-state index contributed by atoms with van der Waals surface area (Å²) in [5.74, 6) is 0. The van der Waals surface area contributed by atoms with Crippen LogP contribution in [0.25, 0.3) is 0 Å². The van der Waals surface area contributed by atoms with Gasteiger partial charge in [-0.25, -0.2) is 4.79 Å². The Morgan fingerprint density at radius 2 is 1.65 bits per heavy atom. The van der Waals surface area contributed by atoms with Crippen LogP contribution in [0, 0.1) is 0 Å². The standard InChI is InChI=1S/C18H37N3O2/c1-5-6-7-8-10-19-11-9-12-20-13-15-21(16-14-20)17(22)23-18(2,3)4/h19H,5-16H2,1-4H3. The zero-order valence-corrected chi connectivity index (χ0v) is 15.7. The topological polar surface area (TPSA) is 44.8 Å². The van der Waals surface area contributed by atoms with Gasteiger partial charge in [0.25, 0.3) is 0 Å². The molecule has 5 heteroatoms. The molecule has 1 N–H and O–H groups in total. The Hall–Kier alpha value is -0.810. The number of unbranched alkanes of at least 4 members (excludes halogenated alkanes) is 3. The van der Waals surface area contributed by atoms with Gasteiger partial charge in [-0.2, -0.15) is 0 Å². The first-order chi connectivity index (χ1) is 10.9. The fraction of sp³-hybridized carbons (Fsp3) is 0.944. The van der Waals surface area contributed by atoms with Gasteiger partial charge in [-0.1, -0.05) is 26.2 Å². The molecule has 5 nitrogen and oxygen atoms in total. The molecule has 1 aliphatic heterocycles. The van der Waals surface area contributed by atoms with Crippen molar-refractivity contribution in [3.05, 3.63) is 0 Å². The van der Waals surface area contributed by atoms with Gasteiger partial charge in [0.1, 0.15) is 5.60 Å². The maximum Gasteiger partial charge on any atom is 0.410 e. The molecular formula is C18H37N3O2. The van der Waals surface area contributed by atoms with Crippen molar-refractivity contribution in [2.75, 3.05) is 45.8 Å². The first kappa shape index (κ1) is 20.2. The van der Waals surface area contributed by atoms with Crippen LogP contribution in [0.4, 0.5) is 4.79 Å². The van der Waals surface area contributed by atoms with E-state index in [1.807, 2.05) is 25.7 Å². The first-order valence-electron chi connectivity index (χ1n) is 9.33. The summed E-state index contributed by atoms with van der Waals surface area (Å²) in [5.41, 5.74) is -0.406. The number of carbonyl (C=O) groups is 1. The summed E-state index contributed by atoms with van der Waals surface area (Å²) in [6.07, 6.45) is 6.29. The molecule has 1 aliphatic rings. The van der Waals surface area contributed by atoms with Gasteiger partial charge in [-0.15, -0.1) is 0 Å². The lowest BCUT2D eigenvalue weighted by molar-refractivity contribution is 0.0144. The fourth-order valence-electron chi connectivity index (χ4n) is 2.71. The summed E-state index contributed by atoms with van der Waals surface area (Å²) in [6.45, 7) is 14.8. The van der Waals surface area contributed by atoms with Crippen molar-refractivity contribution in [2.24, 2.45) is 0 Å². The van der Waals surface area contributed by atoms with Crippen LogP contribution in [0.5, 0.6) is 0 Å². The highest BCUT2D eigenvalue weighted by Crippen LogP contribution is 2.11. The molecule has 1 amide bonds. The van der Waals surface area contributed by atoms with Crippen molar-refractivity contribution < 1.29 is 9.53 Å². The zero-order chi connectivity index (χ0) is 17.1. The Morgan fingerprint density at radius 1 is 1.00 bits per heavy atom. The second kappa shape index (κ2) is 10.9. The highest BCUT2D eigenvalue weighted by atomic mass is 16.6. The van der Waals surface area contributed by atoms with E-state index >= 15 is 0 Å². The Kier molecular flexibility index (Phi) is 9.56. The van der Waals surface area contributed by atoms with Gasteiger partial charge in [0, 0.05) is 26.2 Å². The van der Waals surface area contributed by atoms with Crippen LogP contribution in [0.2, 0.25) is 0 Å². The van der Waals surface area contributed by atoms with Gasteiger partial charge < -0.3 is 15.0 Å². The van der Waals surface area contributed by atoms with Crippen molar-refractivity contribution >= 4 is 6.09 Å². The minimum Gasteiger partial charge on any atom is -0.444 e. The molecule has 0 spiro atoms. The first-order valence-corrected chi connectivity index (χ1v) is 9.33. The molecule has 1 saturated heterocycles. The van der Waals surface area contributed by atoms with Gasteiger partial charge >= 0.3 is 6.09 Å². The lowest BCUT2D eigenvalue weighted by atomic mass is 10.2. The highest BCUT2D eigenvalue weighted by Gasteiger charge is 2.25. The second-order valence-corrected chi connectivity index (χ2v) is 7.47. The van der Waals surface area contributed by atoms with Crippen molar-refractivity contribution in [2.45, 2.75) is 65.4 Å². The Morgan fingerprint density at radius 3 is 2.26 bits per heavy atom. The van der Waals surface area contributed by atoms with E-state index in [1.54, 1.807) is 0 Å². The number of rotatable bonds is 9. The molecule has 0 aliphatic carbocycles. The third kappa shape index (κ3) is 9.82. The third-order valence-electron chi connectivity index (χ3n) is 4.06. The van der Waals surface area contributed by atoms with E-state index in [2.05, 4.69) is 17.1 Å². The summed E-state index contributed by atoms with van der Waals surface area (Å²) in [6, 6.07) is 0. The Labute approximate surface area is 142 Å². The molecule has 0 aromatic rings. The van der Waals surface area contributed by atoms with E-state index in [4.69, 9.17) is 4.74 Å². The van der Waals surface area contributed by atoms with Crippen LogP contribution < -0.4 is 5.32 Å². The molecule has 0 radical (unpaired) electrons. The maximum absolute atomic E-state index is 12.0. The fourth-order valence-corrected chi connectivity index (χ4v) is 2.71. The van der Waals surface area contributed by atoms with Gasteiger partial charge in [-0.05, 0) is 53.2 Å². The number of ether oxygens (including phenoxy) is 1. The number of nitrogens with zero attached hydrogens (tertiary/aromatic N) is 2. The predicted molar refractivity (Wildman–Crippen MR) is 95.9 cm³/mol. The quantitative estimate of drug-likeness (QED) is 0.661. The van der Waals surface area contributed by atoms with Crippen molar-refractivity contribution in [3.8, 4) is 0 Å². The van der Waals surface area contributed by atoms with E-state index < -0.39 is 5.60 Å². The number of amides is 1. The van der Waals surface area contributed by atoms with Gasteiger partial charge in [0.2, 0.25) is 0 Å². The van der Waals surface area contributed by atoms with Crippen LogP contribution in [-0.2, 0) is 4.74 Å². The Bertz CT molecular complexity index is 321. The average Bonchev–Trinajstić information content (AvgIpc) is 2.49. The monoisotopic (exact) mass is 327 g/mol. The molecule has 136 valence electrons. The van der Waals surface area contributed by atoms with Crippen LogP contribution >= 0.6 is 0 Å². The summed E-state index contributed by atoms with van der Waals surface area (Å²) < 4.78 is 5.42.